The summed E-state index contributed by atoms with van der Waals surface area (Å²) >= 11 is 6.29. The molecule has 0 atom stereocenters. The fourth-order valence-electron chi connectivity index (χ4n) is 2.34. The first-order valence-electron chi connectivity index (χ1n) is 7.92. The third kappa shape index (κ3) is 4.33. The highest BCUT2D eigenvalue weighted by atomic mass is 35.5. The molecule has 1 aromatic heterocycles. The van der Waals surface area contributed by atoms with Gasteiger partial charge in [0.2, 0.25) is 5.95 Å². The highest BCUT2D eigenvalue weighted by Gasteiger charge is 2.26. The van der Waals surface area contributed by atoms with Gasteiger partial charge in [0, 0.05) is 25.1 Å². The molecule has 5 nitrogen and oxygen atoms in total. The SMILES string of the molecule is Cc1ccc(Nc2cc(C3CC3)nc(NCCCO)n2)c(Cl)c1. The van der Waals surface area contributed by atoms with Gasteiger partial charge in [-0.25, -0.2) is 4.98 Å². The molecule has 1 aromatic carbocycles. The summed E-state index contributed by atoms with van der Waals surface area (Å²) in [5.41, 5.74) is 3.00. The number of aliphatic hydroxyl groups is 1. The van der Waals surface area contributed by atoms with Crippen LogP contribution in [0.25, 0.3) is 0 Å². The van der Waals surface area contributed by atoms with Gasteiger partial charge in [-0.2, -0.15) is 4.98 Å². The molecule has 122 valence electrons. The highest BCUT2D eigenvalue weighted by molar-refractivity contribution is 6.33. The second-order valence-electron chi connectivity index (χ2n) is 5.89. The molecule has 23 heavy (non-hydrogen) atoms. The van der Waals surface area contributed by atoms with Gasteiger partial charge >= 0.3 is 0 Å². The van der Waals surface area contributed by atoms with Crippen molar-refractivity contribution in [1.29, 1.82) is 0 Å². The van der Waals surface area contributed by atoms with E-state index in [0.717, 1.165) is 22.8 Å². The van der Waals surface area contributed by atoms with Crippen LogP contribution in [0.15, 0.2) is 24.3 Å². The van der Waals surface area contributed by atoms with Crippen molar-refractivity contribution in [3.8, 4) is 0 Å². The number of anilines is 3. The smallest absolute Gasteiger partial charge is 0.224 e. The summed E-state index contributed by atoms with van der Waals surface area (Å²) in [5.74, 6) is 1.86. The van der Waals surface area contributed by atoms with E-state index in [1.807, 2.05) is 31.2 Å². The van der Waals surface area contributed by atoms with Gasteiger partial charge < -0.3 is 15.7 Å². The zero-order chi connectivity index (χ0) is 16.2. The number of hydrogen-bond acceptors (Lipinski definition) is 5. The molecule has 2 aromatic rings. The average Bonchev–Trinajstić information content (AvgIpc) is 3.35. The number of hydrogen-bond donors (Lipinski definition) is 3. The molecule has 1 saturated carbocycles. The molecule has 0 saturated heterocycles. The maximum absolute atomic E-state index is 8.89. The van der Waals surface area contributed by atoms with Crippen molar-refractivity contribution in [1.82, 2.24) is 9.97 Å². The third-order valence-corrected chi connectivity index (χ3v) is 4.06. The van der Waals surface area contributed by atoms with Crippen LogP contribution in [0.1, 0.15) is 36.4 Å². The second kappa shape index (κ2) is 7.15. The van der Waals surface area contributed by atoms with Gasteiger partial charge in [-0.05, 0) is 43.9 Å². The Bertz CT molecular complexity index is 688. The maximum Gasteiger partial charge on any atom is 0.224 e. The van der Waals surface area contributed by atoms with E-state index >= 15 is 0 Å². The van der Waals surface area contributed by atoms with Crippen molar-refractivity contribution < 1.29 is 5.11 Å². The summed E-state index contributed by atoms with van der Waals surface area (Å²) in [6, 6.07) is 7.88. The van der Waals surface area contributed by atoms with E-state index in [1.54, 1.807) is 0 Å². The van der Waals surface area contributed by atoms with Crippen LogP contribution >= 0.6 is 11.6 Å². The molecular formula is C17H21ClN4O. The summed E-state index contributed by atoms with van der Waals surface area (Å²) in [5, 5.41) is 16.0. The molecule has 0 spiro atoms. The van der Waals surface area contributed by atoms with Gasteiger partial charge in [-0.1, -0.05) is 17.7 Å². The number of aryl methyl sites for hydroxylation is 1. The second-order valence-corrected chi connectivity index (χ2v) is 6.30. The van der Waals surface area contributed by atoms with Crippen molar-refractivity contribution in [2.75, 3.05) is 23.8 Å². The lowest BCUT2D eigenvalue weighted by atomic mass is 10.2. The topological polar surface area (TPSA) is 70.1 Å². The summed E-state index contributed by atoms with van der Waals surface area (Å²) < 4.78 is 0. The van der Waals surface area contributed by atoms with Crippen molar-refractivity contribution in [3.63, 3.8) is 0 Å². The first-order valence-corrected chi connectivity index (χ1v) is 8.30. The number of aliphatic hydroxyl groups excluding tert-OH is 1. The van der Waals surface area contributed by atoms with Crippen molar-refractivity contribution in [3.05, 3.63) is 40.5 Å². The predicted molar refractivity (Wildman–Crippen MR) is 93.7 cm³/mol. The minimum absolute atomic E-state index is 0.152. The molecule has 3 rings (SSSR count). The Labute approximate surface area is 141 Å². The molecule has 0 bridgehead atoms. The van der Waals surface area contributed by atoms with Crippen LogP contribution in [-0.2, 0) is 0 Å². The van der Waals surface area contributed by atoms with Gasteiger partial charge in [-0.3, -0.25) is 0 Å². The van der Waals surface area contributed by atoms with Crippen LogP contribution in [0.5, 0.6) is 0 Å². The van der Waals surface area contributed by atoms with Gasteiger partial charge in [0.1, 0.15) is 5.82 Å². The summed E-state index contributed by atoms with van der Waals surface area (Å²) in [7, 11) is 0. The lowest BCUT2D eigenvalue weighted by Crippen LogP contribution is -2.09. The minimum atomic E-state index is 0.152. The van der Waals surface area contributed by atoms with Gasteiger partial charge in [-0.15, -0.1) is 0 Å². The Morgan fingerprint density at radius 3 is 2.78 bits per heavy atom. The lowest BCUT2D eigenvalue weighted by molar-refractivity contribution is 0.292. The Balaban J connectivity index is 1.82. The van der Waals surface area contributed by atoms with Crippen LogP contribution in [0.2, 0.25) is 5.02 Å². The fourth-order valence-corrected chi connectivity index (χ4v) is 2.62. The average molecular weight is 333 g/mol. The molecular weight excluding hydrogens is 312 g/mol. The normalized spacial score (nSPS) is 13.9. The molecule has 1 fully saturated rings. The summed E-state index contributed by atoms with van der Waals surface area (Å²) in [4.78, 5) is 9.07. The Kier molecular flexibility index (Phi) is 4.98. The zero-order valence-corrected chi connectivity index (χ0v) is 13.9. The largest absolute Gasteiger partial charge is 0.396 e. The van der Waals surface area contributed by atoms with E-state index < -0.39 is 0 Å². The molecule has 6 heteroatoms. The van der Waals surface area contributed by atoms with Crippen LogP contribution < -0.4 is 10.6 Å². The molecule has 3 N–H and O–H groups in total. The Morgan fingerprint density at radius 1 is 1.26 bits per heavy atom. The predicted octanol–water partition coefficient (Wildman–Crippen LogP) is 3.85. The monoisotopic (exact) mass is 332 g/mol. The molecule has 0 radical (unpaired) electrons. The van der Waals surface area contributed by atoms with Crippen LogP contribution in [0.3, 0.4) is 0 Å². The number of benzene rings is 1. The quantitative estimate of drug-likeness (QED) is 0.672. The van der Waals surface area contributed by atoms with Crippen LogP contribution in [0, 0.1) is 6.92 Å². The molecule has 1 aliphatic rings. The molecule has 0 unspecified atom stereocenters. The zero-order valence-electron chi connectivity index (χ0n) is 13.1. The van der Waals surface area contributed by atoms with Crippen molar-refractivity contribution in [2.24, 2.45) is 0 Å². The molecule has 0 amide bonds. The Hall–Kier alpha value is -1.85. The number of rotatable bonds is 7. The van der Waals surface area contributed by atoms with Crippen LogP contribution in [0.4, 0.5) is 17.5 Å². The number of halogens is 1. The maximum atomic E-state index is 8.89. The third-order valence-electron chi connectivity index (χ3n) is 3.75. The summed E-state index contributed by atoms with van der Waals surface area (Å²) in [6.07, 6.45) is 3.03. The summed E-state index contributed by atoms with van der Waals surface area (Å²) in [6.45, 7) is 2.81. The first-order chi connectivity index (χ1) is 11.2. The minimum Gasteiger partial charge on any atom is -0.396 e. The van der Waals surface area contributed by atoms with Gasteiger partial charge in [0.05, 0.1) is 16.4 Å². The Morgan fingerprint density at radius 2 is 2.09 bits per heavy atom. The number of aromatic nitrogens is 2. The molecule has 1 heterocycles. The fraction of sp³-hybridized carbons (Fsp3) is 0.412. The molecule has 0 aliphatic heterocycles. The van der Waals surface area contributed by atoms with E-state index in [1.165, 1.54) is 12.8 Å². The standard InChI is InChI=1S/C17H21ClN4O/c1-11-3-6-14(13(18)9-11)20-16-10-15(12-4-5-12)21-17(22-16)19-7-2-8-23/h3,6,9-10,12,23H,2,4-5,7-8H2,1H3,(H2,19,20,21,22). The van der Waals surface area contributed by atoms with Gasteiger partial charge in [0.15, 0.2) is 0 Å². The van der Waals surface area contributed by atoms with E-state index in [4.69, 9.17) is 16.7 Å². The lowest BCUT2D eigenvalue weighted by Gasteiger charge is -2.12. The first kappa shape index (κ1) is 16.0. The number of nitrogens with zero attached hydrogens (tertiary/aromatic N) is 2. The van der Waals surface area contributed by atoms with E-state index in [0.29, 0.717) is 29.9 Å². The van der Waals surface area contributed by atoms with E-state index in [9.17, 15) is 0 Å². The molecule has 1 aliphatic carbocycles. The van der Waals surface area contributed by atoms with Crippen molar-refractivity contribution in [2.45, 2.75) is 32.1 Å². The van der Waals surface area contributed by atoms with Crippen LogP contribution in [-0.4, -0.2) is 28.2 Å². The van der Waals surface area contributed by atoms with E-state index in [2.05, 4.69) is 20.6 Å². The van der Waals surface area contributed by atoms with Crippen molar-refractivity contribution >= 4 is 29.1 Å². The number of nitrogens with one attached hydrogen (secondary N) is 2. The highest BCUT2D eigenvalue weighted by Crippen LogP contribution is 2.40. The van der Waals surface area contributed by atoms with Gasteiger partial charge in [0.25, 0.3) is 0 Å². The van der Waals surface area contributed by atoms with E-state index in [-0.39, 0.29) is 6.61 Å².